The molecule has 2 aliphatic rings. The van der Waals surface area contributed by atoms with Crippen LogP contribution in [0.15, 0.2) is 53.7 Å². The van der Waals surface area contributed by atoms with E-state index in [0.717, 1.165) is 42.4 Å². The highest BCUT2D eigenvalue weighted by Gasteiger charge is 2.32. The Balaban J connectivity index is 1.31. The first-order valence-electron chi connectivity index (χ1n) is 13.3. The second-order valence-corrected chi connectivity index (χ2v) is 11.8. The molecule has 2 aromatic heterocycles. The number of ether oxygens (including phenoxy) is 1. The number of alkyl halides is 1. The van der Waals surface area contributed by atoms with E-state index in [1.807, 2.05) is 10.9 Å². The van der Waals surface area contributed by atoms with Crippen LogP contribution in [-0.4, -0.2) is 64.4 Å². The Morgan fingerprint density at radius 1 is 1.14 bits per heavy atom. The molecule has 2 aromatic carbocycles. The van der Waals surface area contributed by atoms with Gasteiger partial charge in [0.15, 0.2) is 17.4 Å². The molecule has 15 heteroatoms. The highest BCUT2D eigenvalue weighted by atomic mass is 32.2. The Morgan fingerprint density at radius 3 is 2.69 bits per heavy atom. The lowest BCUT2D eigenvalue weighted by atomic mass is 10.1. The molecule has 2 N–H and O–H groups in total. The molecule has 2 aliphatic heterocycles. The summed E-state index contributed by atoms with van der Waals surface area (Å²) in [6.07, 6.45) is 3.83. The van der Waals surface area contributed by atoms with Crippen LogP contribution in [0.2, 0.25) is 0 Å². The molecule has 0 saturated carbocycles. The molecule has 1 unspecified atom stereocenters. The third kappa shape index (κ3) is 5.31. The van der Waals surface area contributed by atoms with Crippen molar-refractivity contribution in [2.45, 2.75) is 31.5 Å². The molecule has 4 aromatic rings. The SMILES string of the molecule is N#Cc1c(NS(=O)(=O)N2CCC(F)C2)ccc(F)c1Oc1ccc2ncn(-c3ccn(C4CCNCC4)n3)c(=O)c2c1. The first-order valence-corrected chi connectivity index (χ1v) is 14.8. The van der Waals surface area contributed by atoms with Crippen LogP contribution in [0.1, 0.15) is 30.9 Å². The summed E-state index contributed by atoms with van der Waals surface area (Å²) in [6.45, 7) is 1.44. The fourth-order valence-corrected chi connectivity index (χ4v) is 6.42. The number of rotatable bonds is 7. The third-order valence-electron chi connectivity index (χ3n) is 7.37. The van der Waals surface area contributed by atoms with E-state index in [4.69, 9.17) is 4.74 Å². The van der Waals surface area contributed by atoms with E-state index in [1.54, 1.807) is 12.1 Å². The predicted molar refractivity (Wildman–Crippen MR) is 149 cm³/mol. The largest absolute Gasteiger partial charge is 0.453 e. The maximum absolute atomic E-state index is 14.9. The van der Waals surface area contributed by atoms with E-state index in [1.165, 1.54) is 29.1 Å². The minimum atomic E-state index is -4.20. The van der Waals surface area contributed by atoms with Crippen LogP contribution in [0.5, 0.6) is 11.5 Å². The van der Waals surface area contributed by atoms with Gasteiger partial charge in [0.2, 0.25) is 0 Å². The number of piperidine rings is 1. The number of fused-ring (bicyclic) bond motifs is 1. The molecule has 2 saturated heterocycles. The average molecular weight is 597 g/mol. The predicted octanol–water partition coefficient (Wildman–Crippen LogP) is 3.01. The molecule has 42 heavy (non-hydrogen) atoms. The Bertz CT molecular complexity index is 1860. The van der Waals surface area contributed by atoms with Gasteiger partial charge in [-0.25, -0.2) is 18.3 Å². The number of halogens is 2. The van der Waals surface area contributed by atoms with Gasteiger partial charge < -0.3 is 10.1 Å². The summed E-state index contributed by atoms with van der Waals surface area (Å²) in [7, 11) is -4.20. The van der Waals surface area contributed by atoms with Crippen molar-refractivity contribution in [1.82, 2.24) is 29.0 Å². The van der Waals surface area contributed by atoms with E-state index in [0.29, 0.717) is 11.3 Å². The van der Waals surface area contributed by atoms with Gasteiger partial charge in [-0.05, 0) is 62.7 Å². The zero-order chi connectivity index (χ0) is 29.4. The van der Waals surface area contributed by atoms with Gasteiger partial charge in [0.25, 0.3) is 5.56 Å². The second-order valence-electron chi connectivity index (χ2n) is 10.1. The summed E-state index contributed by atoms with van der Waals surface area (Å²) in [5.74, 6) is -1.04. The lowest BCUT2D eigenvalue weighted by molar-refractivity contribution is 0.342. The maximum atomic E-state index is 14.9. The minimum absolute atomic E-state index is 0.0228. The Hall–Kier alpha value is -4.39. The van der Waals surface area contributed by atoms with Crippen LogP contribution in [-0.2, 0) is 10.2 Å². The summed E-state index contributed by atoms with van der Waals surface area (Å²) in [5.41, 5.74) is -0.715. The van der Waals surface area contributed by atoms with Crippen LogP contribution in [0, 0.1) is 17.1 Å². The van der Waals surface area contributed by atoms with Crippen LogP contribution in [0.4, 0.5) is 14.5 Å². The lowest BCUT2D eigenvalue weighted by Gasteiger charge is -2.22. The number of hydrogen-bond acceptors (Lipinski definition) is 8. The van der Waals surface area contributed by atoms with E-state index >= 15 is 0 Å². The summed E-state index contributed by atoms with van der Waals surface area (Å²) in [6, 6.07) is 10.1. The van der Waals surface area contributed by atoms with Crippen LogP contribution < -0.4 is 20.3 Å². The van der Waals surface area contributed by atoms with Crippen molar-refractivity contribution in [2.75, 3.05) is 30.9 Å². The lowest BCUT2D eigenvalue weighted by Crippen LogP contribution is -2.34. The molecule has 4 heterocycles. The third-order valence-corrected chi connectivity index (χ3v) is 8.86. The number of nitrogens with one attached hydrogen (secondary N) is 2. The van der Waals surface area contributed by atoms with Crippen LogP contribution in [0.3, 0.4) is 0 Å². The van der Waals surface area contributed by atoms with Gasteiger partial charge in [-0.1, -0.05) is 0 Å². The van der Waals surface area contributed by atoms with Crippen molar-refractivity contribution >= 4 is 26.8 Å². The van der Waals surface area contributed by atoms with Crippen molar-refractivity contribution in [3.63, 3.8) is 0 Å². The molecule has 1 atom stereocenters. The molecule has 0 amide bonds. The first-order chi connectivity index (χ1) is 20.2. The molecule has 0 radical (unpaired) electrons. The Labute approximate surface area is 239 Å². The molecule has 12 nitrogen and oxygen atoms in total. The van der Waals surface area contributed by atoms with Crippen molar-refractivity contribution in [3.8, 4) is 23.4 Å². The van der Waals surface area contributed by atoms with Crippen molar-refractivity contribution in [1.29, 1.82) is 5.26 Å². The maximum Gasteiger partial charge on any atom is 0.301 e. The molecule has 2 fully saturated rings. The Morgan fingerprint density at radius 2 is 1.95 bits per heavy atom. The number of nitriles is 1. The number of aromatic nitrogens is 4. The number of hydrogen-bond donors (Lipinski definition) is 2. The highest BCUT2D eigenvalue weighted by molar-refractivity contribution is 7.90. The quantitative estimate of drug-likeness (QED) is 0.331. The normalized spacial score (nSPS) is 18.3. The minimum Gasteiger partial charge on any atom is -0.453 e. The fourth-order valence-electron chi connectivity index (χ4n) is 5.14. The molecule has 0 bridgehead atoms. The van der Waals surface area contributed by atoms with E-state index in [-0.39, 0.29) is 42.4 Å². The molecule has 0 spiro atoms. The second kappa shape index (κ2) is 11.1. The van der Waals surface area contributed by atoms with Gasteiger partial charge in [-0.15, -0.1) is 0 Å². The fraction of sp³-hybridized carbons (Fsp3) is 0.333. The summed E-state index contributed by atoms with van der Waals surface area (Å²) < 4.78 is 66.0. The van der Waals surface area contributed by atoms with Gasteiger partial charge in [0.05, 0.1) is 22.6 Å². The van der Waals surface area contributed by atoms with Crippen LogP contribution in [0.25, 0.3) is 16.7 Å². The first kappa shape index (κ1) is 27.8. The summed E-state index contributed by atoms with van der Waals surface area (Å²) in [5, 5.41) is 17.9. The van der Waals surface area contributed by atoms with Crippen molar-refractivity contribution < 1.29 is 21.9 Å². The molecule has 218 valence electrons. The number of benzene rings is 2. The molecule has 0 aliphatic carbocycles. The number of anilines is 1. The molecular weight excluding hydrogens is 570 g/mol. The van der Waals surface area contributed by atoms with Crippen molar-refractivity contribution in [2.24, 2.45) is 0 Å². The topological polar surface area (TPSA) is 147 Å². The van der Waals surface area contributed by atoms with Gasteiger partial charge in [0.1, 0.15) is 29.9 Å². The number of nitrogens with zero attached hydrogens (tertiary/aromatic N) is 6. The van der Waals surface area contributed by atoms with Gasteiger partial charge >= 0.3 is 10.2 Å². The summed E-state index contributed by atoms with van der Waals surface area (Å²) in [4.78, 5) is 17.8. The van der Waals surface area contributed by atoms with Gasteiger partial charge in [-0.2, -0.15) is 23.1 Å². The van der Waals surface area contributed by atoms with Crippen LogP contribution >= 0.6 is 0 Å². The smallest absolute Gasteiger partial charge is 0.301 e. The van der Waals surface area contributed by atoms with Gasteiger partial charge in [0, 0.05) is 25.4 Å². The van der Waals surface area contributed by atoms with E-state index < -0.39 is 39.1 Å². The monoisotopic (exact) mass is 596 g/mol. The average Bonchev–Trinajstić information content (AvgIpc) is 3.66. The molecule has 6 rings (SSSR count). The molecular formula is C27H26F2N8O4S. The zero-order valence-corrected chi connectivity index (χ0v) is 23.0. The van der Waals surface area contributed by atoms with Gasteiger partial charge in [-0.3, -0.25) is 14.2 Å². The van der Waals surface area contributed by atoms with Crippen molar-refractivity contribution in [3.05, 3.63) is 70.7 Å². The highest BCUT2D eigenvalue weighted by Crippen LogP contribution is 2.34. The summed E-state index contributed by atoms with van der Waals surface area (Å²) >= 11 is 0. The standard InChI is InChI=1S/C27H26F2N8O4S/c28-17-7-11-35(15-17)42(39,40)34-24-4-2-22(29)26(21(24)14-30)41-19-1-3-23-20(13-19)27(38)36(16-32-23)25-8-12-37(33-25)18-5-9-31-10-6-18/h1-4,8,12-13,16-18,31,34H,5-7,9-11,15H2. The van der Waals surface area contributed by atoms with E-state index in [9.17, 15) is 27.3 Å². The zero-order valence-electron chi connectivity index (χ0n) is 22.2. The Kier molecular flexibility index (Phi) is 7.35. The van der Waals surface area contributed by atoms with E-state index in [2.05, 4.69) is 20.1 Å².